The van der Waals surface area contributed by atoms with Crippen LogP contribution >= 0.6 is 0 Å². The number of hydrogen-bond donors (Lipinski definition) is 0. The maximum absolute atomic E-state index is 12.6. The lowest BCUT2D eigenvalue weighted by molar-refractivity contribution is -0.255. The van der Waals surface area contributed by atoms with Crippen molar-refractivity contribution in [3.05, 3.63) is 75.7 Å². The molecule has 0 amide bonds. The Morgan fingerprint density at radius 1 is 1.04 bits per heavy atom. The average Bonchev–Trinajstić information content (AvgIpc) is 2.57. The summed E-state index contributed by atoms with van der Waals surface area (Å²) in [7, 11) is 0. The number of carbonyl (C=O) groups excluding carboxylic acids is 1. The van der Waals surface area contributed by atoms with Crippen LogP contribution in [0, 0.1) is 0 Å². The smallest absolute Gasteiger partial charge is 0.274 e. The third-order valence-corrected chi connectivity index (χ3v) is 4.21. The standard InChI is InChI=1S/C20H20N2O3/c1-20(2,3)14-10-8-13(9-11-14)12-22-18(23)16-7-5-4-6-15(16)17(21-22)19(24)25/h4-11H,12H2,1-3H3,(H,24,25)/p-1. The van der Waals surface area contributed by atoms with Crippen molar-refractivity contribution >= 4 is 16.7 Å². The van der Waals surface area contributed by atoms with Gasteiger partial charge in [0.1, 0.15) is 5.69 Å². The molecule has 128 valence electrons. The summed E-state index contributed by atoms with van der Waals surface area (Å²) < 4.78 is 1.18. The Bertz CT molecular complexity index is 996. The van der Waals surface area contributed by atoms with Crippen molar-refractivity contribution in [3.63, 3.8) is 0 Å². The Kier molecular flexibility index (Phi) is 4.17. The predicted molar refractivity (Wildman–Crippen MR) is 94.6 cm³/mol. The molecule has 0 unspecified atom stereocenters. The first kappa shape index (κ1) is 16.9. The number of carboxylic acids is 1. The van der Waals surface area contributed by atoms with Gasteiger partial charge >= 0.3 is 0 Å². The highest BCUT2D eigenvalue weighted by Gasteiger charge is 2.14. The molecule has 1 heterocycles. The molecule has 5 nitrogen and oxygen atoms in total. The van der Waals surface area contributed by atoms with E-state index in [1.165, 1.54) is 10.2 Å². The number of hydrogen-bond acceptors (Lipinski definition) is 4. The molecule has 2 aromatic carbocycles. The second kappa shape index (κ2) is 6.16. The maximum atomic E-state index is 12.6. The average molecular weight is 335 g/mol. The monoisotopic (exact) mass is 335 g/mol. The topological polar surface area (TPSA) is 75.0 Å². The lowest BCUT2D eigenvalue weighted by Gasteiger charge is -2.19. The summed E-state index contributed by atoms with van der Waals surface area (Å²) >= 11 is 0. The van der Waals surface area contributed by atoms with Gasteiger partial charge in [0.15, 0.2) is 0 Å². The predicted octanol–water partition coefficient (Wildman–Crippen LogP) is 2.11. The number of rotatable bonds is 3. The van der Waals surface area contributed by atoms with Gasteiger partial charge in [-0.05, 0) is 22.6 Å². The van der Waals surface area contributed by atoms with Crippen LogP contribution in [0.15, 0.2) is 53.3 Å². The van der Waals surface area contributed by atoms with Gasteiger partial charge in [-0.2, -0.15) is 5.10 Å². The van der Waals surface area contributed by atoms with Gasteiger partial charge in [-0.25, -0.2) is 4.68 Å². The van der Waals surface area contributed by atoms with Crippen LogP contribution in [-0.4, -0.2) is 15.7 Å². The van der Waals surface area contributed by atoms with Crippen molar-refractivity contribution in [2.45, 2.75) is 32.7 Å². The SMILES string of the molecule is CC(C)(C)c1ccc(Cn2nc(C(=O)[O-])c3ccccc3c2=O)cc1. The summed E-state index contributed by atoms with van der Waals surface area (Å²) in [5.74, 6) is -1.40. The minimum atomic E-state index is -1.40. The van der Waals surface area contributed by atoms with Crippen LogP contribution in [0.25, 0.3) is 10.8 Å². The van der Waals surface area contributed by atoms with Crippen LogP contribution in [0.1, 0.15) is 42.4 Å². The van der Waals surface area contributed by atoms with E-state index in [4.69, 9.17) is 0 Å². The third-order valence-electron chi connectivity index (χ3n) is 4.21. The molecule has 25 heavy (non-hydrogen) atoms. The van der Waals surface area contributed by atoms with Crippen LogP contribution in [0.5, 0.6) is 0 Å². The molecule has 0 fully saturated rings. The van der Waals surface area contributed by atoms with Gasteiger partial charge in [0.05, 0.1) is 17.9 Å². The fraction of sp³-hybridized carbons (Fsp3) is 0.250. The van der Waals surface area contributed by atoms with Gasteiger partial charge in [0.2, 0.25) is 0 Å². The molecular formula is C20H19N2O3-. The molecule has 1 aromatic heterocycles. The van der Waals surface area contributed by atoms with E-state index in [0.717, 1.165) is 5.56 Å². The Labute approximate surface area is 145 Å². The Morgan fingerprint density at radius 3 is 2.20 bits per heavy atom. The minimum absolute atomic E-state index is 0.0404. The fourth-order valence-corrected chi connectivity index (χ4v) is 2.78. The number of aromatic carboxylic acids is 1. The van der Waals surface area contributed by atoms with Crippen LogP contribution in [0.2, 0.25) is 0 Å². The summed E-state index contributed by atoms with van der Waals surface area (Å²) in [5, 5.41) is 16.0. The maximum Gasteiger partial charge on any atom is 0.274 e. The van der Waals surface area contributed by atoms with E-state index in [-0.39, 0.29) is 23.2 Å². The molecular weight excluding hydrogens is 316 g/mol. The van der Waals surface area contributed by atoms with Crippen molar-refractivity contribution in [1.29, 1.82) is 0 Å². The first-order valence-electron chi connectivity index (χ1n) is 8.08. The van der Waals surface area contributed by atoms with Gasteiger partial charge in [0, 0.05) is 5.39 Å². The summed E-state index contributed by atoms with van der Waals surface area (Å²) in [4.78, 5) is 24.0. The van der Waals surface area contributed by atoms with Crippen LogP contribution in [-0.2, 0) is 12.0 Å². The summed E-state index contributed by atoms with van der Waals surface area (Å²) in [5.41, 5.74) is 1.56. The molecule has 0 aliphatic rings. The number of nitrogens with zero attached hydrogens (tertiary/aromatic N) is 2. The Morgan fingerprint density at radius 2 is 1.64 bits per heavy atom. The minimum Gasteiger partial charge on any atom is -0.543 e. The number of carboxylic acid groups (broad SMARTS) is 1. The highest BCUT2D eigenvalue weighted by Crippen LogP contribution is 2.22. The second-order valence-corrected chi connectivity index (χ2v) is 7.09. The molecule has 0 radical (unpaired) electrons. The third kappa shape index (κ3) is 3.31. The van der Waals surface area contributed by atoms with Gasteiger partial charge in [-0.15, -0.1) is 0 Å². The van der Waals surface area contributed by atoms with E-state index < -0.39 is 5.97 Å². The van der Waals surface area contributed by atoms with E-state index in [1.54, 1.807) is 24.3 Å². The van der Waals surface area contributed by atoms with E-state index in [2.05, 4.69) is 25.9 Å². The van der Waals surface area contributed by atoms with Crippen LogP contribution in [0.3, 0.4) is 0 Å². The lowest BCUT2D eigenvalue weighted by Crippen LogP contribution is -2.31. The zero-order chi connectivity index (χ0) is 18.2. The van der Waals surface area contributed by atoms with E-state index in [0.29, 0.717) is 10.8 Å². The van der Waals surface area contributed by atoms with Crippen LogP contribution < -0.4 is 10.7 Å². The van der Waals surface area contributed by atoms with Crippen molar-refractivity contribution in [2.24, 2.45) is 0 Å². The molecule has 3 rings (SSSR count). The van der Waals surface area contributed by atoms with Crippen molar-refractivity contribution in [3.8, 4) is 0 Å². The number of carbonyl (C=O) groups is 1. The molecule has 0 spiro atoms. The van der Waals surface area contributed by atoms with E-state index in [9.17, 15) is 14.7 Å². The molecule has 0 bridgehead atoms. The van der Waals surface area contributed by atoms with Gasteiger partial charge in [0.25, 0.3) is 5.56 Å². The van der Waals surface area contributed by atoms with Gasteiger partial charge < -0.3 is 9.90 Å². The molecule has 0 saturated carbocycles. The zero-order valence-electron chi connectivity index (χ0n) is 14.4. The van der Waals surface area contributed by atoms with E-state index >= 15 is 0 Å². The second-order valence-electron chi connectivity index (χ2n) is 7.09. The molecule has 5 heteroatoms. The van der Waals surface area contributed by atoms with Crippen molar-refractivity contribution in [2.75, 3.05) is 0 Å². The highest BCUT2D eigenvalue weighted by atomic mass is 16.4. The Balaban J connectivity index is 2.06. The quantitative estimate of drug-likeness (QED) is 0.735. The van der Waals surface area contributed by atoms with E-state index in [1.807, 2.05) is 24.3 Å². The zero-order valence-corrected chi connectivity index (χ0v) is 14.4. The molecule has 0 aliphatic carbocycles. The number of benzene rings is 2. The largest absolute Gasteiger partial charge is 0.543 e. The highest BCUT2D eigenvalue weighted by molar-refractivity contribution is 6.00. The number of aromatic nitrogens is 2. The normalized spacial score (nSPS) is 11.6. The summed E-state index contributed by atoms with van der Waals surface area (Å²) in [6.07, 6.45) is 0. The number of fused-ring (bicyclic) bond motifs is 1. The van der Waals surface area contributed by atoms with Gasteiger partial charge in [-0.1, -0.05) is 63.2 Å². The first-order chi connectivity index (χ1) is 11.8. The van der Waals surface area contributed by atoms with Crippen LogP contribution in [0.4, 0.5) is 0 Å². The molecule has 3 aromatic rings. The summed E-state index contributed by atoms with van der Waals surface area (Å²) in [6.45, 7) is 6.59. The van der Waals surface area contributed by atoms with Crippen molar-refractivity contribution < 1.29 is 9.90 Å². The first-order valence-corrected chi connectivity index (χ1v) is 8.08. The van der Waals surface area contributed by atoms with Crippen molar-refractivity contribution in [1.82, 2.24) is 9.78 Å². The van der Waals surface area contributed by atoms with Gasteiger partial charge in [-0.3, -0.25) is 4.79 Å². The molecule has 0 atom stereocenters. The fourth-order valence-electron chi connectivity index (χ4n) is 2.78. The molecule has 0 aliphatic heterocycles. The summed E-state index contributed by atoms with van der Waals surface area (Å²) in [6, 6.07) is 14.4. The lowest BCUT2D eigenvalue weighted by atomic mass is 9.87. The molecule has 0 saturated heterocycles. The molecule has 0 N–H and O–H groups in total. The Hall–Kier alpha value is -2.95.